The van der Waals surface area contributed by atoms with Crippen molar-refractivity contribution in [2.24, 2.45) is 0 Å². The molecule has 0 unspecified atom stereocenters. The van der Waals surface area contributed by atoms with Gasteiger partial charge in [-0.2, -0.15) is 0 Å². The highest BCUT2D eigenvalue weighted by Crippen LogP contribution is 2.10. The summed E-state index contributed by atoms with van der Waals surface area (Å²) in [5.74, 6) is 0. The largest absolute Gasteiger partial charge is 0.0683 e. The lowest BCUT2D eigenvalue weighted by Gasteiger charge is -2.03. The standard InChI is InChI=1S/C12H18.2C2H6/c1-3-4-5-9-12-10-7-6-8-11(12)2;2*1-2/h6-8,10H,3-5,9H2,1-2H3;2*1-2H3. The molecule has 0 atom stereocenters. The van der Waals surface area contributed by atoms with Crippen LogP contribution in [0.4, 0.5) is 0 Å². The molecule has 0 aromatic heterocycles. The highest BCUT2D eigenvalue weighted by Gasteiger charge is 1.95. The second-order valence-electron chi connectivity index (χ2n) is 3.38. The summed E-state index contributed by atoms with van der Waals surface area (Å²) in [7, 11) is 0. The molecule has 0 aliphatic heterocycles. The summed E-state index contributed by atoms with van der Waals surface area (Å²) in [6.07, 6.45) is 5.25. The van der Waals surface area contributed by atoms with E-state index in [2.05, 4.69) is 38.1 Å². The van der Waals surface area contributed by atoms with Gasteiger partial charge in [-0.05, 0) is 30.9 Å². The van der Waals surface area contributed by atoms with E-state index in [0.29, 0.717) is 0 Å². The molecule has 0 nitrogen and oxygen atoms in total. The van der Waals surface area contributed by atoms with E-state index in [1.54, 1.807) is 0 Å². The van der Waals surface area contributed by atoms with Crippen molar-refractivity contribution >= 4 is 0 Å². The van der Waals surface area contributed by atoms with E-state index in [1.165, 1.54) is 36.8 Å². The zero-order chi connectivity index (χ0) is 12.8. The van der Waals surface area contributed by atoms with E-state index in [0.717, 1.165) is 0 Å². The average Bonchev–Trinajstić information content (AvgIpc) is 2.37. The SMILES string of the molecule is CC.CC.CCCCCc1ccccc1C. The minimum Gasteiger partial charge on any atom is -0.0683 e. The molecule has 0 N–H and O–H groups in total. The maximum atomic E-state index is 2.25. The van der Waals surface area contributed by atoms with E-state index in [9.17, 15) is 0 Å². The third kappa shape index (κ3) is 8.52. The summed E-state index contributed by atoms with van der Waals surface area (Å²) in [5.41, 5.74) is 2.96. The van der Waals surface area contributed by atoms with Gasteiger partial charge in [0.1, 0.15) is 0 Å². The summed E-state index contributed by atoms with van der Waals surface area (Å²) < 4.78 is 0. The molecule has 0 bridgehead atoms. The Hall–Kier alpha value is -0.780. The normalized spacial score (nSPS) is 8.38. The number of hydrogen-bond acceptors (Lipinski definition) is 0. The van der Waals surface area contributed by atoms with E-state index >= 15 is 0 Å². The second kappa shape index (κ2) is 14.2. The molecular formula is C16H30. The molecule has 0 aliphatic rings. The summed E-state index contributed by atoms with van der Waals surface area (Å²) in [4.78, 5) is 0. The van der Waals surface area contributed by atoms with Crippen LogP contribution >= 0.6 is 0 Å². The molecule has 94 valence electrons. The van der Waals surface area contributed by atoms with Gasteiger partial charge in [0, 0.05) is 0 Å². The van der Waals surface area contributed by atoms with Crippen molar-refractivity contribution in [3.05, 3.63) is 35.4 Å². The Labute approximate surface area is 103 Å². The fraction of sp³-hybridized carbons (Fsp3) is 0.625. The molecule has 1 aromatic carbocycles. The molecular weight excluding hydrogens is 192 g/mol. The van der Waals surface area contributed by atoms with Crippen LogP contribution in [0.3, 0.4) is 0 Å². The smallest absolute Gasteiger partial charge is 0.0276 e. The Bertz CT molecular complexity index is 225. The quantitative estimate of drug-likeness (QED) is 0.566. The second-order valence-corrected chi connectivity index (χ2v) is 3.38. The van der Waals surface area contributed by atoms with Gasteiger partial charge in [-0.25, -0.2) is 0 Å². The van der Waals surface area contributed by atoms with Crippen molar-refractivity contribution in [1.82, 2.24) is 0 Å². The summed E-state index contributed by atoms with van der Waals surface area (Å²) in [6, 6.07) is 8.68. The molecule has 16 heavy (non-hydrogen) atoms. The van der Waals surface area contributed by atoms with Crippen molar-refractivity contribution in [1.29, 1.82) is 0 Å². The van der Waals surface area contributed by atoms with Gasteiger partial charge in [-0.15, -0.1) is 0 Å². The van der Waals surface area contributed by atoms with Crippen LogP contribution in [-0.4, -0.2) is 0 Å². The summed E-state index contributed by atoms with van der Waals surface area (Å²) in [6.45, 7) is 12.4. The Balaban J connectivity index is 0. The van der Waals surface area contributed by atoms with Crippen molar-refractivity contribution in [3.8, 4) is 0 Å². The highest BCUT2D eigenvalue weighted by molar-refractivity contribution is 5.25. The van der Waals surface area contributed by atoms with Crippen LogP contribution in [0.2, 0.25) is 0 Å². The molecule has 1 rings (SSSR count). The third-order valence-electron chi connectivity index (χ3n) is 2.31. The lowest BCUT2D eigenvalue weighted by atomic mass is 10.0. The van der Waals surface area contributed by atoms with Gasteiger partial charge in [-0.1, -0.05) is 71.7 Å². The molecule has 0 heteroatoms. The van der Waals surface area contributed by atoms with Crippen molar-refractivity contribution in [3.63, 3.8) is 0 Å². The van der Waals surface area contributed by atoms with E-state index in [1.807, 2.05) is 27.7 Å². The minimum absolute atomic E-state index is 1.25. The first-order chi connectivity index (χ1) is 7.84. The van der Waals surface area contributed by atoms with E-state index in [-0.39, 0.29) is 0 Å². The molecule has 0 spiro atoms. The van der Waals surface area contributed by atoms with Crippen LogP contribution < -0.4 is 0 Å². The van der Waals surface area contributed by atoms with Gasteiger partial charge >= 0.3 is 0 Å². The maximum absolute atomic E-state index is 2.25. The summed E-state index contributed by atoms with van der Waals surface area (Å²) in [5, 5.41) is 0. The lowest BCUT2D eigenvalue weighted by Crippen LogP contribution is -1.88. The molecule has 0 heterocycles. The predicted molar refractivity (Wildman–Crippen MR) is 77.1 cm³/mol. The number of hydrogen-bond donors (Lipinski definition) is 0. The molecule has 0 aliphatic carbocycles. The summed E-state index contributed by atoms with van der Waals surface area (Å²) >= 11 is 0. The predicted octanol–water partition coefficient (Wildman–Crippen LogP) is 5.78. The van der Waals surface area contributed by atoms with Gasteiger partial charge in [-0.3, -0.25) is 0 Å². The number of rotatable bonds is 4. The van der Waals surface area contributed by atoms with Crippen LogP contribution in [0.25, 0.3) is 0 Å². The fourth-order valence-electron chi connectivity index (χ4n) is 1.46. The van der Waals surface area contributed by atoms with Gasteiger partial charge in [0.15, 0.2) is 0 Å². The number of unbranched alkanes of at least 4 members (excludes halogenated alkanes) is 2. The molecule has 1 aromatic rings. The van der Waals surface area contributed by atoms with Crippen LogP contribution in [0.5, 0.6) is 0 Å². The first-order valence-electron chi connectivity index (χ1n) is 6.89. The molecule has 0 amide bonds. The first-order valence-corrected chi connectivity index (χ1v) is 6.89. The lowest BCUT2D eigenvalue weighted by molar-refractivity contribution is 0.715. The van der Waals surface area contributed by atoms with Crippen molar-refractivity contribution in [2.45, 2.75) is 67.2 Å². The zero-order valence-corrected chi connectivity index (χ0v) is 12.1. The van der Waals surface area contributed by atoms with Gasteiger partial charge in [0.2, 0.25) is 0 Å². The van der Waals surface area contributed by atoms with Crippen LogP contribution in [0, 0.1) is 6.92 Å². The maximum Gasteiger partial charge on any atom is -0.0276 e. The van der Waals surface area contributed by atoms with Gasteiger partial charge in [0.05, 0.1) is 0 Å². The number of benzene rings is 1. The average molecular weight is 222 g/mol. The van der Waals surface area contributed by atoms with Crippen molar-refractivity contribution in [2.75, 3.05) is 0 Å². The van der Waals surface area contributed by atoms with E-state index in [4.69, 9.17) is 0 Å². The molecule has 0 fully saturated rings. The topological polar surface area (TPSA) is 0 Å². The van der Waals surface area contributed by atoms with Gasteiger partial charge in [0.25, 0.3) is 0 Å². The third-order valence-corrected chi connectivity index (χ3v) is 2.31. The Kier molecular flexibility index (Phi) is 15.7. The zero-order valence-electron chi connectivity index (χ0n) is 12.1. The monoisotopic (exact) mass is 222 g/mol. The first kappa shape index (κ1) is 17.6. The van der Waals surface area contributed by atoms with Crippen LogP contribution in [-0.2, 0) is 6.42 Å². The van der Waals surface area contributed by atoms with Crippen LogP contribution in [0.1, 0.15) is 65.0 Å². The Morgan fingerprint density at radius 2 is 1.44 bits per heavy atom. The Morgan fingerprint density at radius 1 is 0.875 bits per heavy atom. The van der Waals surface area contributed by atoms with E-state index < -0.39 is 0 Å². The highest BCUT2D eigenvalue weighted by atomic mass is 14.0. The minimum atomic E-state index is 1.25. The van der Waals surface area contributed by atoms with Crippen molar-refractivity contribution < 1.29 is 0 Å². The number of aryl methyl sites for hydroxylation is 2. The molecule has 0 saturated heterocycles. The molecule has 0 radical (unpaired) electrons. The molecule has 0 saturated carbocycles. The van der Waals surface area contributed by atoms with Crippen LogP contribution in [0.15, 0.2) is 24.3 Å². The Morgan fingerprint density at radius 3 is 1.94 bits per heavy atom. The fourth-order valence-corrected chi connectivity index (χ4v) is 1.46. The van der Waals surface area contributed by atoms with Gasteiger partial charge < -0.3 is 0 Å².